The lowest BCUT2D eigenvalue weighted by Crippen LogP contribution is -2.35. The molecule has 10 heavy (non-hydrogen) atoms. The van der Waals surface area contributed by atoms with Crippen molar-refractivity contribution in [2.24, 2.45) is 11.5 Å². The van der Waals surface area contributed by atoms with Gasteiger partial charge in [0.15, 0.2) is 0 Å². The molecule has 0 aliphatic rings. The number of nitrogens with two attached hydrogens (primary N) is 2. The Bertz CT molecular complexity index is 55.7. The van der Waals surface area contributed by atoms with Gasteiger partial charge in [-0.15, -0.1) is 9.24 Å². The molecule has 0 amide bonds. The molecular weight excluding hydrogens is 145 g/mol. The van der Waals surface area contributed by atoms with Crippen molar-refractivity contribution in [3.63, 3.8) is 0 Å². The topological polar surface area (TPSA) is 55.3 Å². The molecule has 0 fully saturated rings. The fraction of sp³-hybridized carbons (Fsp3) is 1.00. The highest BCUT2D eigenvalue weighted by molar-refractivity contribution is 7.16. The van der Waals surface area contributed by atoms with Gasteiger partial charge in [0.1, 0.15) is 0 Å². The minimum absolute atomic E-state index is 0.727. The second-order valence-corrected chi connectivity index (χ2v) is 2.79. The maximum absolute atomic E-state index is 5.40. The van der Waals surface area contributed by atoms with Crippen molar-refractivity contribution >= 4 is 9.24 Å². The number of nitrogens with zero attached hydrogens (tertiary/aromatic N) is 1. The highest BCUT2D eigenvalue weighted by Crippen LogP contribution is 1.88. The number of hydrogen-bond donors (Lipinski definition) is 2. The van der Waals surface area contributed by atoms with E-state index in [1.807, 2.05) is 0 Å². The Hall–Kier alpha value is 0.310. The molecule has 0 heterocycles. The molecule has 0 saturated carbocycles. The zero-order valence-corrected chi connectivity index (χ0v) is 7.58. The van der Waals surface area contributed by atoms with E-state index < -0.39 is 0 Å². The molecular formula is C6H18N3P. The fourth-order valence-electron chi connectivity index (χ4n) is 0.883. The van der Waals surface area contributed by atoms with E-state index in [1.165, 1.54) is 0 Å². The Balaban J connectivity index is 3.30. The molecule has 0 spiro atoms. The monoisotopic (exact) mass is 163 g/mol. The van der Waals surface area contributed by atoms with Gasteiger partial charge in [0.05, 0.1) is 0 Å². The lowest BCUT2D eigenvalue weighted by Gasteiger charge is -2.18. The van der Waals surface area contributed by atoms with Gasteiger partial charge in [0.25, 0.3) is 0 Å². The SMILES string of the molecule is NCCN(CCN)CCP. The summed E-state index contributed by atoms with van der Waals surface area (Å²) < 4.78 is 0. The van der Waals surface area contributed by atoms with E-state index in [4.69, 9.17) is 11.5 Å². The summed E-state index contributed by atoms with van der Waals surface area (Å²) >= 11 is 0. The van der Waals surface area contributed by atoms with E-state index in [1.54, 1.807) is 0 Å². The van der Waals surface area contributed by atoms with Gasteiger partial charge in [-0.2, -0.15) is 0 Å². The molecule has 0 bridgehead atoms. The van der Waals surface area contributed by atoms with E-state index in [-0.39, 0.29) is 0 Å². The summed E-state index contributed by atoms with van der Waals surface area (Å²) in [5, 5.41) is 0. The smallest absolute Gasteiger partial charge is 0.0105 e. The van der Waals surface area contributed by atoms with Gasteiger partial charge < -0.3 is 16.4 Å². The normalized spacial score (nSPS) is 10.8. The quantitative estimate of drug-likeness (QED) is 0.498. The molecule has 0 radical (unpaired) electrons. The Morgan fingerprint density at radius 1 is 1.00 bits per heavy atom. The number of rotatable bonds is 6. The zero-order valence-electron chi connectivity index (χ0n) is 6.42. The highest BCUT2D eigenvalue weighted by atomic mass is 31.0. The molecule has 0 rings (SSSR count). The average Bonchev–Trinajstić information content (AvgIpc) is 1.90. The molecule has 4 N–H and O–H groups in total. The van der Waals surface area contributed by atoms with E-state index >= 15 is 0 Å². The first-order chi connectivity index (χ1) is 4.85. The van der Waals surface area contributed by atoms with Crippen molar-refractivity contribution < 1.29 is 0 Å². The van der Waals surface area contributed by atoms with Crippen LogP contribution >= 0.6 is 9.24 Å². The molecule has 0 aliphatic carbocycles. The van der Waals surface area contributed by atoms with Gasteiger partial charge in [-0.25, -0.2) is 0 Å². The summed E-state index contributed by atoms with van der Waals surface area (Å²) in [6.07, 6.45) is 1.10. The minimum Gasteiger partial charge on any atom is -0.329 e. The largest absolute Gasteiger partial charge is 0.329 e. The highest BCUT2D eigenvalue weighted by Gasteiger charge is 1.98. The Morgan fingerprint density at radius 2 is 1.50 bits per heavy atom. The zero-order chi connectivity index (χ0) is 7.82. The first kappa shape index (κ1) is 10.3. The number of hydrogen-bond acceptors (Lipinski definition) is 3. The van der Waals surface area contributed by atoms with Crippen LogP contribution < -0.4 is 11.5 Å². The third-order valence-electron chi connectivity index (χ3n) is 1.34. The second-order valence-electron chi connectivity index (χ2n) is 2.21. The maximum atomic E-state index is 5.40. The predicted molar refractivity (Wildman–Crippen MR) is 49.1 cm³/mol. The van der Waals surface area contributed by atoms with Crippen LogP contribution in [0.25, 0.3) is 0 Å². The van der Waals surface area contributed by atoms with Gasteiger partial charge in [0, 0.05) is 32.7 Å². The van der Waals surface area contributed by atoms with Crippen LogP contribution in [-0.4, -0.2) is 43.8 Å². The van der Waals surface area contributed by atoms with Crippen molar-refractivity contribution in [1.82, 2.24) is 4.90 Å². The molecule has 0 aromatic carbocycles. The lowest BCUT2D eigenvalue weighted by molar-refractivity contribution is 0.307. The Kier molecular flexibility index (Phi) is 7.65. The summed E-state index contributed by atoms with van der Waals surface area (Å²) in [5.41, 5.74) is 10.8. The Morgan fingerprint density at radius 3 is 1.80 bits per heavy atom. The second kappa shape index (κ2) is 7.42. The van der Waals surface area contributed by atoms with Crippen LogP contribution in [0.2, 0.25) is 0 Å². The third kappa shape index (κ3) is 5.12. The van der Waals surface area contributed by atoms with Crippen molar-refractivity contribution in [3.8, 4) is 0 Å². The molecule has 4 heteroatoms. The summed E-state index contributed by atoms with van der Waals surface area (Å²) in [6.45, 7) is 4.46. The molecule has 3 nitrogen and oxygen atoms in total. The minimum atomic E-state index is 0.727. The fourth-order valence-corrected chi connectivity index (χ4v) is 1.25. The average molecular weight is 163 g/mol. The maximum Gasteiger partial charge on any atom is 0.0105 e. The third-order valence-corrected chi connectivity index (χ3v) is 1.59. The summed E-state index contributed by atoms with van der Waals surface area (Å²) in [6, 6.07) is 0. The molecule has 62 valence electrons. The predicted octanol–water partition coefficient (Wildman–Crippen LogP) is -0.919. The molecule has 0 aromatic heterocycles. The van der Waals surface area contributed by atoms with Crippen molar-refractivity contribution in [3.05, 3.63) is 0 Å². The van der Waals surface area contributed by atoms with Crippen LogP contribution in [0.5, 0.6) is 0 Å². The van der Waals surface area contributed by atoms with E-state index in [2.05, 4.69) is 14.1 Å². The standard InChI is InChI=1S/C6H18N3P/c7-1-3-9(4-2-8)5-6-10/h1-8,10H2. The summed E-state index contributed by atoms with van der Waals surface area (Å²) in [7, 11) is 2.70. The molecule has 1 unspecified atom stereocenters. The Labute approximate surface area is 65.3 Å². The van der Waals surface area contributed by atoms with Gasteiger partial charge in [-0.3, -0.25) is 0 Å². The van der Waals surface area contributed by atoms with Crippen molar-refractivity contribution in [2.45, 2.75) is 0 Å². The van der Waals surface area contributed by atoms with E-state index in [9.17, 15) is 0 Å². The van der Waals surface area contributed by atoms with Crippen LogP contribution in [-0.2, 0) is 0 Å². The first-order valence-corrected chi connectivity index (χ1v) is 4.49. The van der Waals surface area contributed by atoms with E-state index in [0.29, 0.717) is 0 Å². The van der Waals surface area contributed by atoms with Crippen LogP contribution in [0.15, 0.2) is 0 Å². The van der Waals surface area contributed by atoms with Crippen LogP contribution in [0.3, 0.4) is 0 Å². The lowest BCUT2D eigenvalue weighted by atomic mass is 10.4. The van der Waals surface area contributed by atoms with Gasteiger partial charge >= 0.3 is 0 Å². The van der Waals surface area contributed by atoms with Gasteiger partial charge in [-0.05, 0) is 6.16 Å². The first-order valence-electron chi connectivity index (χ1n) is 3.67. The van der Waals surface area contributed by atoms with Crippen molar-refractivity contribution in [1.29, 1.82) is 0 Å². The summed E-state index contributed by atoms with van der Waals surface area (Å²) in [5.74, 6) is 0. The van der Waals surface area contributed by atoms with Gasteiger partial charge in [0.2, 0.25) is 0 Å². The summed E-state index contributed by atoms with van der Waals surface area (Å²) in [4.78, 5) is 2.27. The molecule has 1 atom stereocenters. The van der Waals surface area contributed by atoms with E-state index in [0.717, 1.165) is 38.9 Å². The van der Waals surface area contributed by atoms with Crippen molar-refractivity contribution in [2.75, 3.05) is 38.9 Å². The van der Waals surface area contributed by atoms with Crippen LogP contribution in [0, 0.1) is 0 Å². The molecule has 0 saturated heterocycles. The van der Waals surface area contributed by atoms with Crippen LogP contribution in [0.1, 0.15) is 0 Å². The van der Waals surface area contributed by atoms with Crippen LogP contribution in [0.4, 0.5) is 0 Å². The molecule has 0 aromatic rings. The van der Waals surface area contributed by atoms with Gasteiger partial charge in [-0.1, -0.05) is 0 Å². The molecule has 0 aliphatic heterocycles.